The fourth-order valence-electron chi connectivity index (χ4n) is 2.29. The second-order valence-corrected chi connectivity index (χ2v) is 7.26. The van der Waals surface area contributed by atoms with E-state index in [0.29, 0.717) is 31.7 Å². The van der Waals surface area contributed by atoms with Gasteiger partial charge in [0.15, 0.2) is 5.82 Å². The predicted molar refractivity (Wildman–Crippen MR) is 75.7 cm³/mol. The normalized spacial score (nSPS) is 18.1. The highest BCUT2D eigenvalue weighted by Crippen LogP contribution is 2.21. The second-order valence-electron chi connectivity index (χ2n) is 5.00. The minimum atomic E-state index is -3.14. The van der Waals surface area contributed by atoms with Gasteiger partial charge in [0.05, 0.1) is 5.75 Å². The molecule has 0 aromatic carbocycles. The van der Waals surface area contributed by atoms with E-state index >= 15 is 0 Å². The van der Waals surface area contributed by atoms with Gasteiger partial charge in [-0.2, -0.15) is 5.10 Å². The van der Waals surface area contributed by atoms with Crippen LogP contribution in [0, 0.1) is 12.8 Å². The van der Waals surface area contributed by atoms with E-state index in [2.05, 4.69) is 15.5 Å². The van der Waals surface area contributed by atoms with Crippen LogP contribution < -0.4 is 5.32 Å². The van der Waals surface area contributed by atoms with Crippen molar-refractivity contribution in [2.75, 3.05) is 24.2 Å². The summed E-state index contributed by atoms with van der Waals surface area (Å²) in [6, 6.07) is 1.76. The van der Waals surface area contributed by atoms with Crippen LogP contribution in [0.1, 0.15) is 25.5 Å². The lowest BCUT2D eigenvalue weighted by Gasteiger charge is -2.30. The van der Waals surface area contributed by atoms with Crippen molar-refractivity contribution in [3.05, 3.63) is 11.8 Å². The molecule has 1 fully saturated rings. The van der Waals surface area contributed by atoms with Crippen LogP contribution in [0.2, 0.25) is 0 Å². The van der Waals surface area contributed by atoms with Crippen molar-refractivity contribution < 1.29 is 13.2 Å². The molecule has 2 rings (SSSR count). The number of aryl methyl sites for hydroxylation is 1. The Morgan fingerprint density at radius 3 is 2.65 bits per heavy atom. The van der Waals surface area contributed by atoms with Gasteiger partial charge < -0.3 is 5.32 Å². The Morgan fingerprint density at radius 2 is 2.15 bits per heavy atom. The summed E-state index contributed by atoms with van der Waals surface area (Å²) in [5.74, 6) is 0.368. The van der Waals surface area contributed by atoms with Crippen molar-refractivity contribution in [3.63, 3.8) is 0 Å². The highest BCUT2D eigenvalue weighted by Gasteiger charge is 2.30. The third-order valence-corrected chi connectivity index (χ3v) is 5.42. The van der Waals surface area contributed by atoms with E-state index in [9.17, 15) is 13.2 Å². The maximum absolute atomic E-state index is 12.1. The van der Waals surface area contributed by atoms with Gasteiger partial charge in [-0.05, 0) is 26.7 Å². The molecule has 20 heavy (non-hydrogen) atoms. The molecule has 1 aliphatic heterocycles. The fraction of sp³-hybridized carbons (Fsp3) is 0.667. The van der Waals surface area contributed by atoms with E-state index in [-0.39, 0.29) is 17.6 Å². The largest absolute Gasteiger partial charge is 0.309 e. The molecule has 0 spiro atoms. The van der Waals surface area contributed by atoms with Crippen molar-refractivity contribution >= 4 is 21.7 Å². The average Bonchev–Trinajstić information content (AvgIpc) is 2.84. The zero-order valence-corrected chi connectivity index (χ0v) is 12.5. The minimum absolute atomic E-state index is 0.0925. The summed E-state index contributed by atoms with van der Waals surface area (Å²) in [6.07, 6.45) is 1.10. The molecule has 1 aliphatic rings. The monoisotopic (exact) mass is 300 g/mol. The molecule has 0 atom stereocenters. The van der Waals surface area contributed by atoms with Gasteiger partial charge in [0.1, 0.15) is 0 Å². The molecule has 7 nitrogen and oxygen atoms in total. The number of aromatic nitrogens is 2. The molecular formula is C12H20N4O3S. The number of H-pyrrole nitrogens is 1. The van der Waals surface area contributed by atoms with Crippen LogP contribution in [0.5, 0.6) is 0 Å². The Balaban J connectivity index is 1.89. The number of hydrogen-bond acceptors (Lipinski definition) is 4. The summed E-state index contributed by atoms with van der Waals surface area (Å²) in [4.78, 5) is 12.1. The quantitative estimate of drug-likeness (QED) is 0.856. The molecule has 0 radical (unpaired) electrons. The highest BCUT2D eigenvalue weighted by atomic mass is 32.2. The van der Waals surface area contributed by atoms with E-state index < -0.39 is 10.0 Å². The minimum Gasteiger partial charge on any atom is -0.309 e. The van der Waals surface area contributed by atoms with Crippen LogP contribution >= 0.6 is 0 Å². The molecule has 1 aromatic rings. The first-order valence-corrected chi connectivity index (χ1v) is 8.34. The van der Waals surface area contributed by atoms with Crippen LogP contribution in [0.4, 0.5) is 5.82 Å². The highest BCUT2D eigenvalue weighted by molar-refractivity contribution is 7.89. The SMILES string of the molecule is CCS(=O)(=O)N1CCC(C(=O)Nc2cc(C)[nH]n2)CC1. The second kappa shape index (κ2) is 5.92. The maximum Gasteiger partial charge on any atom is 0.228 e. The Morgan fingerprint density at radius 1 is 1.50 bits per heavy atom. The van der Waals surface area contributed by atoms with Crippen LogP contribution in [-0.2, 0) is 14.8 Å². The van der Waals surface area contributed by atoms with Crippen molar-refractivity contribution in [1.82, 2.24) is 14.5 Å². The Bertz CT molecular complexity index is 573. The number of nitrogens with zero attached hydrogens (tertiary/aromatic N) is 2. The van der Waals surface area contributed by atoms with E-state index in [1.54, 1.807) is 13.0 Å². The third kappa shape index (κ3) is 3.37. The molecule has 0 saturated carbocycles. The molecule has 8 heteroatoms. The zero-order valence-electron chi connectivity index (χ0n) is 11.7. The van der Waals surface area contributed by atoms with Crippen molar-refractivity contribution in [1.29, 1.82) is 0 Å². The molecule has 1 aromatic heterocycles. The molecule has 112 valence electrons. The molecule has 1 amide bonds. The molecule has 2 N–H and O–H groups in total. The standard InChI is InChI=1S/C12H20N4O3S/c1-3-20(18,19)16-6-4-10(5-7-16)12(17)13-11-8-9(2)14-15-11/h8,10H,3-7H2,1-2H3,(H2,13,14,15,17). The van der Waals surface area contributed by atoms with Crippen LogP contribution in [0.15, 0.2) is 6.07 Å². The number of carbonyl (C=O) groups excluding carboxylic acids is 1. The van der Waals surface area contributed by atoms with Crippen LogP contribution in [0.3, 0.4) is 0 Å². The van der Waals surface area contributed by atoms with Crippen molar-refractivity contribution in [2.45, 2.75) is 26.7 Å². The number of rotatable bonds is 4. The first kappa shape index (κ1) is 15.0. The summed E-state index contributed by atoms with van der Waals surface area (Å²) in [5, 5.41) is 9.46. The van der Waals surface area contributed by atoms with Gasteiger partial charge in [-0.25, -0.2) is 12.7 Å². The van der Waals surface area contributed by atoms with E-state index in [0.717, 1.165) is 5.69 Å². The van der Waals surface area contributed by atoms with Gasteiger partial charge in [-0.1, -0.05) is 0 Å². The maximum atomic E-state index is 12.1. The number of anilines is 1. The van der Waals surface area contributed by atoms with Crippen molar-refractivity contribution in [2.24, 2.45) is 5.92 Å². The van der Waals surface area contributed by atoms with E-state index in [4.69, 9.17) is 0 Å². The Kier molecular flexibility index (Phi) is 4.44. The number of hydrogen-bond donors (Lipinski definition) is 2. The number of nitrogens with one attached hydrogen (secondary N) is 2. The summed E-state index contributed by atoms with van der Waals surface area (Å²) in [7, 11) is -3.14. The van der Waals surface area contributed by atoms with E-state index in [1.807, 2.05) is 6.92 Å². The van der Waals surface area contributed by atoms with Crippen LogP contribution in [-0.4, -0.2) is 47.7 Å². The molecule has 0 unspecified atom stereocenters. The lowest BCUT2D eigenvalue weighted by molar-refractivity contribution is -0.120. The van der Waals surface area contributed by atoms with Gasteiger partial charge in [0.2, 0.25) is 15.9 Å². The molecule has 0 aliphatic carbocycles. The third-order valence-electron chi connectivity index (χ3n) is 3.54. The summed E-state index contributed by atoms with van der Waals surface area (Å²) >= 11 is 0. The van der Waals surface area contributed by atoms with Crippen LogP contribution in [0.25, 0.3) is 0 Å². The first-order valence-electron chi connectivity index (χ1n) is 6.73. The van der Waals surface area contributed by atoms with Gasteiger partial charge in [-0.15, -0.1) is 0 Å². The van der Waals surface area contributed by atoms with Crippen molar-refractivity contribution in [3.8, 4) is 0 Å². The first-order chi connectivity index (χ1) is 9.42. The van der Waals surface area contributed by atoms with Gasteiger partial charge >= 0.3 is 0 Å². The number of sulfonamides is 1. The lowest BCUT2D eigenvalue weighted by Crippen LogP contribution is -2.42. The lowest BCUT2D eigenvalue weighted by atomic mass is 9.97. The summed E-state index contributed by atoms with van der Waals surface area (Å²) in [6.45, 7) is 4.31. The zero-order chi connectivity index (χ0) is 14.8. The van der Waals surface area contributed by atoms with Gasteiger partial charge in [-0.3, -0.25) is 9.89 Å². The molecule has 0 bridgehead atoms. The predicted octanol–water partition coefficient (Wildman–Crippen LogP) is 0.718. The number of carbonyl (C=O) groups is 1. The topological polar surface area (TPSA) is 95.2 Å². The van der Waals surface area contributed by atoms with Gasteiger partial charge in [0, 0.05) is 30.8 Å². The Labute approximate surface area is 118 Å². The Hall–Kier alpha value is -1.41. The molecular weight excluding hydrogens is 280 g/mol. The van der Waals surface area contributed by atoms with E-state index in [1.165, 1.54) is 4.31 Å². The summed E-state index contributed by atoms with van der Waals surface area (Å²) < 4.78 is 24.9. The smallest absolute Gasteiger partial charge is 0.228 e. The molecule has 1 saturated heterocycles. The number of amides is 1. The number of aromatic amines is 1. The fourth-order valence-corrected chi connectivity index (χ4v) is 3.42. The molecule has 2 heterocycles. The average molecular weight is 300 g/mol. The number of piperidine rings is 1. The summed E-state index contributed by atoms with van der Waals surface area (Å²) in [5.41, 5.74) is 0.879. The van der Waals surface area contributed by atoms with Gasteiger partial charge in [0.25, 0.3) is 0 Å².